The van der Waals surface area contributed by atoms with Gasteiger partial charge in [-0.3, -0.25) is 4.79 Å². The van der Waals surface area contributed by atoms with Gasteiger partial charge in [0, 0.05) is 29.7 Å². The number of carbonyl (C=O) groups excluding carboxylic acids is 1. The first-order valence-corrected chi connectivity index (χ1v) is 7.09. The normalized spacial score (nSPS) is 10.4. The zero-order valence-electron chi connectivity index (χ0n) is 11.2. The van der Waals surface area contributed by atoms with E-state index in [1.54, 1.807) is 22.3 Å². The summed E-state index contributed by atoms with van der Waals surface area (Å²) in [5.41, 5.74) is 8.08. The Bertz CT molecular complexity index is 543. The first-order chi connectivity index (χ1) is 9.06. The van der Waals surface area contributed by atoms with Crippen molar-refractivity contribution < 1.29 is 4.79 Å². The molecule has 0 saturated carbocycles. The number of aryl methyl sites for hydroxylation is 1. The zero-order valence-corrected chi connectivity index (χ0v) is 12.0. The lowest BCUT2D eigenvalue weighted by molar-refractivity contribution is 0.0797. The van der Waals surface area contributed by atoms with Crippen LogP contribution in [0.15, 0.2) is 35.7 Å². The highest BCUT2D eigenvalue weighted by molar-refractivity contribution is 7.09. The molecule has 0 fully saturated rings. The number of hydrogen-bond acceptors (Lipinski definition) is 3. The van der Waals surface area contributed by atoms with Gasteiger partial charge >= 0.3 is 0 Å². The van der Waals surface area contributed by atoms with Gasteiger partial charge < -0.3 is 10.6 Å². The SMILES string of the molecule is Cc1cc(N)cc(C(=O)N(C)CCc2cccs2)c1. The van der Waals surface area contributed by atoms with Crippen molar-refractivity contribution in [3.63, 3.8) is 0 Å². The van der Waals surface area contributed by atoms with E-state index in [1.165, 1.54) is 4.88 Å². The van der Waals surface area contributed by atoms with Gasteiger partial charge in [-0.05, 0) is 48.6 Å². The molecule has 0 aliphatic rings. The standard InChI is InChI=1S/C15H18N2OS/c1-11-8-12(10-13(16)9-11)15(18)17(2)6-5-14-4-3-7-19-14/h3-4,7-10H,5-6,16H2,1-2H3. The molecule has 19 heavy (non-hydrogen) atoms. The number of rotatable bonds is 4. The molecule has 0 aliphatic heterocycles. The van der Waals surface area contributed by atoms with E-state index in [-0.39, 0.29) is 5.91 Å². The predicted molar refractivity (Wildman–Crippen MR) is 80.6 cm³/mol. The summed E-state index contributed by atoms with van der Waals surface area (Å²) in [5, 5.41) is 2.05. The molecule has 0 atom stereocenters. The number of amides is 1. The van der Waals surface area contributed by atoms with Gasteiger partial charge in [0.25, 0.3) is 5.91 Å². The lowest BCUT2D eigenvalue weighted by atomic mass is 10.1. The molecule has 0 aliphatic carbocycles. The van der Waals surface area contributed by atoms with Crippen molar-refractivity contribution >= 4 is 22.9 Å². The molecular weight excluding hydrogens is 256 g/mol. The molecule has 100 valence electrons. The number of carbonyl (C=O) groups is 1. The fraction of sp³-hybridized carbons (Fsp3) is 0.267. The van der Waals surface area contributed by atoms with Crippen molar-refractivity contribution in [1.82, 2.24) is 4.90 Å². The van der Waals surface area contributed by atoms with Gasteiger partial charge in [0.2, 0.25) is 0 Å². The number of anilines is 1. The molecule has 2 N–H and O–H groups in total. The van der Waals surface area contributed by atoms with E-state index in [0.717, 1.165) is 12.0 Å². The quantitative estimate of drug-likeness (QED) is 0.871. The molecular formula is C15H18N2OS. The number of likely N-dealkylation sites (N-methyl/N-ethyl adjacent to an activating group) is 1. The maximum absolute atomic E-state index is 12.3. The van der Waals surface area contributed by atoms with Crippen LogP contribution < -0.4 is 5.73 Å². The van der Waals surface area contributed by atoms with Crippen LogP contribution in [0.25, 0.3) is 0 Å². The Morgan fingerprint density at radius 2 is 2.16 bits per heavy atom. The van der Waals surface area contributed by atoms with Crippen molar-refractivity contribution in [2.45, 2.75) is 13.3 Å². The molecule has 1 aromatic heterocycles. The summed E-state index contributed by atoms with van der Waals surface area (Å²) < 4.78 is 0. The third-order valence-electron chi connectivity index (χ3n) is 2.97. The van der Waals surface area contributed by atoms with Crippen LogP contribution in [-0.2, 0) is 6.42 Å². The molecule has 4 heteroatoms. The lowest BCUT2D eigenvalue weighted by Gasteiger charge is -2.17. The summed E-state index contributed by atoms with van der Waals surface area (Å²) in [7, 11) is 1.83. The van der Waals surface area contributed by atoms with Crippen LogP contribution in [-0.4, -0.2) is 24.4 Å². The summed E-state index contributed by atoms with van der Waals surface area (Å²) in [6, 6.07) is 9.59. The smallest absolute Gasteiger partial charge is 0.253 e. The van der Waals surface area contributed by atoms with E-state index in [2.05, 4.69) is 11.4 Å². The van der Waals surface area contributed by atoms with Crippen LogP contribution >= 0.6 is 11.3 Å². The van der Waals surface area contributed by atoms with Crippen LogP contribution in [0.3, 0.4) is 0 Å². The Hall–Kier alpha value is -1.81. The summed E-state index contributed by atoms with van der Waals surface area (Å²) in [5.74, 6) is 0.0203. The summed E-state index contributed by atoms with van der Waals surface area (Å²) >= 11 is 1.72. The first kappa shape index (κ1) is 13.6. The molecule has 0 spiro atoms. The average molecular weight is 274 g/mol. The van der Waals surface area contributed by atoms with Gasteiger partial charge in [-0.25, -0.2) is 0 Å². The molecule has 0 saturated heterocycles. The third-order valence-corrected chi connectivity index (χ3v) is 3.90. The molecule has 3 nitrogen and oxygen atoms in total. The fourth-order valence-electron chi connectivity index (χ4n) is 1.99. The van der Waals surface area contributed by atoms with Crippen molar-refractivity contribution in [1.29, 1.82) is 0 Å². The van der Waals surface area contributed by atoms with Gasteiger partial charge in [-0.15, -0.1) is 11.3 Å². The zero-order chi connectivity index (χ0) is 13.8. The van der Waals surface area contributed by atoms with Crippen molar-refractivity contribution in [2.75, 3.05) is 19.3 Å². The number of benzene rings is 1. The molecule has 2 aromatic rings. The molecule has 1 amide bonds. The predicted octanol–water partition coefficient (Wildman–Crippen LogP) is 2.95. The van der Waals surface area contributed by atoms with Gasteiger partial charge in [-0.1, -0.05) is 6.07 Å². The van der Waals surface area contributed by atoms with E-state index < -0.39 is 0 Å². The Labute approximate surface area is 117 Å². The molecule has 0 unspecified atom stereocenters. The minimum absolute atomic E-state index is 0.0203. The summed E-state index contributed by atoms with van der Waals surface area (Å²) in [4.78, 5) is 15.3. The van der Waals surface area contributed by atoms with E-state index in [4.69, 9.17) is 5.73 Å². The molecule has 1 heterocycles. The van der Waals surface area contributed by atoms with Crippen LogP contribution in [0.2, 0.25) is 0 Å². The summed E-state index contributed by atoms with van der Waals surface area (Å²) in [6.45, 7) is 2.66. The van der Waals surface area contributed by atoms with Crippen LogP contribution in [0.4, 0.5) is 5.69 Å². The Morgan fingerprint density at radius 1 is 1.37 bits per heavy atom. The topological polar surface area (TPSA) is 46.3 Å². The van der Waals surface area contributed by atoms with Crippen molar-refractivity contribution in [3.05, 3.63) is 51.7 Å². The van der Waals surface area contributed by atoms with Gasteiger partial charge in [0.1, 0.15) is 0 Å². The average Bonchev–Trinajstić information content (AvgIpc) is 2.87. The minimum Gasteiger partial charge on any atom is -0.399 e. The highest BCUT2D eigenvalue weighted by Gasteiger charge is 2.12. The van der Waals surface area contributed by atoms with Gasteiger partial charge in [-0.2, -0.15) is 0 Å². The van der Waals surface area contributed by atoms with Gasteiger partial charge in [0.15, 0.2) is 0 Å². The monoisotopic (exact) mass is 274 g/mol. The van der Waals surface area contributed by atoms with Crippen LogP contribution in [0.1, 0.15) is 20.8 Å². The number of nitrogens with zero attached hydrogens (tertiary/aromatic N) is 1. The first-order valence-electron chi connectivity index (χ1n) is 6.21. The molecule has 0 radical (unpaired) electrons. The largest absolute Gasteiger partial charge is 0.399 e. The minimum atomic E-state index is 0.0203. The Kier molecular flexibility index (Phi) is 4.22. The highest BCUT2D eigenvalue weighted by atomic mass is 32.1. The second kappa shape index (κ2) is 5.89. The number of hydrogen-bond donors (Lipinski definition) is 1. The lowest BCUT2D eigenvalue weighted by Crippen LogP contribution is -2.28. The molecule has 1 aromatic carbocycles. The fourth-order valence-corrected chi connectivity index (χ4v) is 2.69. The molecule has 0 bridgehead atoms. The second-order valence-corrected chi connectivity index (χ2v) is 5.72. The third kappa shape index (κ3) is 3.58. The van der Waals surface area contributed by atoms with Crippen LogP contribution in [0.5, 0.6) is 0 Å². The van der Waals surface area contributed by atoms with E-state index in [9.17, 15) is 4.79 Å². The van der Waals surface area contributed by atoms with Crippen LogP contribution in [0, 0.1) is 6.92 Å². The van der Waals surface area contributed by atoms with E-state index >= 15 is 0 Å². The Balaban J connectivity index is 2.02. The maximum Gasteiger partial charge on any atom is 0.253 e. The van der Waals surface area contributed by atoms with Crippen molar-refractivity contribution in [2.24, 2.45) is 0 Å². The number of thiophene rings is 1. The highest BCUT2D eigenvalue weighted by Crippen LogP contribution is 2.14. The number of nitrogen functional groups attached to an aromatic ring is 1. The maximum atomic E-state index is 12.3. The van der Waals surface area contributed by atoms with Crippen molar-refractivity contribution in [3.8, 4) is 0 Å². The van der Waals surface area contributed by atoms with Gasteiger partial charge in [0.05, 0.1) is 0 Å². The van der Waals surface area contributed by atoms with E-state index in [1.807, 2.05) is 32.2 Å². The summed E-state index contributed by atoms with van der Waals surface area (Å²) in [6.07, 6.45) is 0.890. The molecule has 2 rings (SSSR count). The number of nitrogens with two attached hydrogens (primary N) is 1. The Morgan fingerprint density at radius 3 is 2.79 bits per heavy atom. The van der Waals surface area contributed by atoms with E-state index in [0.29, 0.717) is 17.8 Å². The second-order valence-electron chi connectivity index (χ2n) is 4.69.